The Balaban J connectivity index is 1.63. The van der Waals surface area contributed by atoms with E-state index in [-0.39, 0.29) is 18.3 Å². The molecule has 3 rings (SSSR count). The monoisotopic (exact) mass is 371 g/mol. The van der Waals surface area contributed by atoms with E-state index in [1.54, 1.807) is 37.4 Å². The molecule has 0 unspecified atom stereocenters. The summed E-state index contributed by atoms with van der Waals surface area (Å²) in [5.74, 6) is 1.76. The Morgan fingerprint density at radius 3 is 2.73 bits per heavy atom. The zero-order valence-electron chi connectivity index (χ0n) is 14.4. The van der Waals surface area contributed by atoms with Crippen molar-refractivity contribution in [3.05, 3.63) is 76.7 Å². The highest BCUT2D eigenvalue weighted by atomic mass is 35.5. The predicted octanol–water partition coefficient (Wildman–Crippen LogP) is 5.08. The first-order valence-electron chi connectivity index (χ1n) is 7.98. The number of methoxy groups -OCH3 is 1. The van der Waals surface area contributed by atoms with Crippen molar-refractivity contribution in [3.63, 3.8) is 0 Å². The van der Waals surface area contributed by atoms with Gasteiger partial charge >= 0.3 is 0 Å². The van der Waals surface area contributed by atoms with Gasteiger partial charge in [-0.3, -0.25) is 4.79 Å². The standard InChI is InChI=1S/C20H18ClNO4/c1-13-6-7-14(21)10-18(13)22-20(23)19-9-8-17(26-19)12-25-16-5-3-4-15(11-16)24-2/h3-11H,12H2,1-2H3,(H,22,23). The van der Waals surface area contributed by atoms with Crippen molar-refractivity contribution in [1.82, 2.24) is 0 Å². The van der Waals surface area contributed by atoms with Crippen LogP contribution < -0.4 is 14.8 Å². The van der Waals surface area contributed by atoms with E-state index in [0.717, 1.165) is 5.56 Å². The Bertz CT molecular complexity index is 920. The van der Waals surface area contributed by atoms with E-state index in [0.29, 0.717) is 28.0 Å². The van der Waals surface area contributed by atoms with Crippen molar-refractivity contribution in [2.75, 3.05) is 12.4 Å². The number of carbonyl (C=O) groups is 1. The van der Waals surface area contributed by atoms with E-state index >= 15 is 0 Å². The third-order valence-electron chi connectivity index (χ3n) is 3.76. The smallest absolute Gasteiger partial charge is 0.291 e. The number of furan rings is 1. The minimum atomic E-state index is -0.344. The molecule has 0 saturated carbocycles. The Kier molecular flexibility index (Phi) is 5.49. The molecular formula is C20H18ClNO4. The molecule has 0 aliphatic carbocycles. The average Bonchev–Trinajstić information content (AvgIpc) is 3.12. The lowest BCUT2D eigenvalue weighted by Gasteiger charge is -2.07. The van der Waals surface area contributed by atoms with Crippen LogP contribution in [0.1, 0.15) is 21.9 Å². The van der Waals surface area contributed by atoms with Crippen LogP contribution >= 0.6 is 11.6 Å². The van der Waals surface area contributed by atoms with Gasteiger partial charge in [-0.25, -0.2) is 0 Å². The van der Waals surface area contributed by atoms with Crippen LogP contribution in [0.5, 0.6) is 11.5 Å². The maximum atomic E-state index is 12.3. The lowest BCUT2D eigenvalue weighted by atomic mass is 10.2. The van der Waals surface area contributed by atoms with E-state index in [1.165, 1.54) is 0 Å². The molecule has 26 heavy (non-hydrogen) atoms. The fraction of sp³-hybridized carbons (Fsp3) is 0.150. The number of hydrogen-bond acceptors (Lipinski definition) is 4. The van der Waals surface area contributed by atoms with Crippen LogP contribution in [0.2, 0.25) is 5.02 Å². The molecule has 0 aliphatic heterocycles. The van der Waals surface area contributed by atoms with Crippen molar-refractivity contribution in [2.24, 2.45) is 0 Å². The van der Waals surface area contributed by atoms with Gasteiger partial charge in [-0.1, -0.05) is 23.7 Å². The summed E-state index contributed by atoms with van der Waals surface area (Å²) >= 11 is 5.97. The van der Waals surface area contributed by atoms with Gasteiger partial charge in [0, 0.05) is 16.8 Å². The second kappa shape index (κ2) is 7.97. The first-order chi connectivity index (χ1) is 12.5. The largest absolute Gasteiger partial charge is 0.497 e. The maximum absolute atomic E-state index is 12.3. The number of carbonyl (C=O) groups excluding carboxylic acids is 1. The van der Waals surface area contributed by atoms with Crippen LogP contribution in [0.15, 0.2) is 59.0 Å². The number of halogens is 1. The maximum Gasteiger partial charge on any atom is 0.291 e. The van der Waals surface area contributed by atoms with E-state index in [4.69, 9.17) is 25.5 Å². The first-order valence-corrected chi connectivity index (χ1v) is 8.36. The lowest BCUT2D eigenvalue weighted by Crippen LogP contribution is -2.11. The zero-order chi connectivity index (χ0) is 18.5. The summed E-state index contributed by atoms with van der Waals surface area (Å²) in [7, 11) is 1.60. The molecule has 2 aromatic carbocycles. The molecule has 1 N–H and O–H groups in total. The molecule has 5 nitrogen and oxygen atoms in total. The Labute approximate surface area is 156 Å². The normalized spacial score (nSPS) is 10.4. The van der Waals surface area contributed by atoms with Crippen LogP contribution in [-0.4, -0.2) is 13.0 Å². The fourth-order valence-electron chi connectivity index (χ4n) is 2.34. The molecule has 1 heterocycles. The van der Waals surface area contributed by atoms with Crippen LogP contribution in [-0.2, 0) is 6.61 Å². The number of aryl methyl sites for hydroxylation is 1. The third kappa shape index (κ3) is 4.37. The first kappa shape index (κ1) is 17.9. The molecule has 1 amide bonds. The summed E-state index contributed by atoms with van der Waals surface area (Å²) in [6.07, 6.45) is 0. The summed E-state index contributed by atoms with van der Waals surface area (Å²) in [4.78, 5) is 12.3. The molecule has 0 saturated heterocycles. The van der Waals surface area contributed by atoms with Crippen LogP contribution in [0.3, 0.4) is 0 Å². The molecule has 0 spiro atoms. The van der Waals surface area contributed by atoms with Crippen LogP contribution in [0.25, 0.3) is 0 Å². The number of ether oxygens (including phenoxy) is 2. The number of hydrogen-bond donors (Lipinski definition) is 1. The number of anilines is 1. The Hall–Kier alpha value is -2.92. The fourth-order valence-corrected chi connectivity index (χ4v) is 2.51. The van der Waals surface area contributed by atoms with Crippen molar-refractivity contribution in [2.45, 2.75) is 13.5 Å². The highest BCUT2D eigenvalue weighted by molar-refractivity contribution is 6.31. The van der Waals surface area contributed by atoms with Gasteiger partial charge in [0.2, 0.25) is 0 Å². The molecule has 0 bridgehead atoms. The van der Waals surface area contributed by atoms with Gasteiger partial charge in [-0.15, -0.1) is 0 Å². The molecule has 134 valence electrons. The molecule has 0 aliphatic rings. The van der Waals surface area contributed by atoms with Crippen LogP contribution in [0.4, 0.5) is 5.69 Å². The van der Waals surface area contributed by atoms with Crippen molar-refractivity contribution < 1.29 is 18.7 Å². The number of nitrogens with one attached hydrogen (secondary N) is 1. The van der Waals surface area contributed by atoms with Gasteiger partial charge in [0.1, 0.15) is 23.9 Å². The van der Waals surface area contributed by atoms with Gasteiger partial charge in [0.25, 0.3) is 5.91 Å². The predicted molar refractivity (Wildman–Crippen MR) is 100 cm³/mol. The lowest BCUT2D eigenvalue weighted by molar-refractivity contribution is 0.0992. The number of benzene rings is 2. The Morgan fingerprint density at radius 2 is 1.92 bits per heavy atom. The SMILES string of the molecule is COc1cccc(OCc2ccc(C(=O)Nc3cc(Cl)ccc3C)o2)c1. The van der Waals surface area contributed by atoms with Crippen molar-refractivity contribution in [3.8, 4) is 11.5 Å². The highest BCUT2D eigenvalue weighted by Gasteiger charge is 2.13. The quantitative estimate of drug-likeness (QED) is 0.656. The summed E-state index contributed by atoms with van der Waals surface area (Å²) in [5, 5.41) is 3.35. The molecule has 0 fully saturated rings. The van der Waals surface area contributed by atoms with Gasteiger partial charge < -0.3 is 19.2 Å². The summed E-state index contributed by atoms with van der Waals surface area (Å²) < 4.78 is 16.4. The summed E-state index contributed by atoms with van der Waals surface area (Å²) in [6, 6.07) is 15.9. The van der Waals surface area contributed by atoms with Crippen molar-refractivity contribution >= 4 is 23.2 Å². The molecule has 0 atom stereocenters. The van der Waals surface area contributed by atoms with E-state index in [9.17, 15) is 4.79 Å². The summed E-state index contributed by atoms with van der Waals surface area (Å²) in [6.45, 7) is 2.10. The minimum absolute atomic E-state index is 0.202. The van der Waals surface area contributed by atoms with Gasteiger partial charge in [0.05, 0.1) is 7.11 Å². The average molecular weight is 372 g/mol. The molecule has 0 radical (unpaired) electrons. The molecule has 1 aromatic heterocycles. The molecule has 3 aromatic rings. The zero-order valence-corrected chi connectivity index (χ0v) is 15.2. The topological polar surface area (TPSA) is 60.7 Å². The van der Waals surface area contributed by atoms with E-state index < -0.39 is 0 Å². The number of rotatable bonds is 6. The van der Waals surface area contributed by atoms with Gasteiger partial charge in [0.15, 0.2) is 5.76 Å². The highest BCUT2D eigenvalue weighted by Crippen LogP contribution is 2.22. The Morgan fingerprint density at radius 1 is 1.12 bits per heavy atom. The van der Waals surface area contributed by atoms with Crippen LogP contribution in [0, 0.1) is 6.92 Å². The summed E-state index contributed by atoms with van der Waals surface area (Å²) in [5.41, 5.74) is 1.56. The van der Waals surface area contributed by atoms with Gasteiger partial charge in [-0.05, 0) is 48.9 Å². The molecular weight excluding hydrogens is 354 g/mol. The number of amides is 1. The van der Waals surface area contributed by atoms with Crippen molar-refractivity contribution in [1.29, 1.82) is 0 Å². The van der Waals surface area contributed by atoms with E-state index in [1.807, 2.05) is 31.2 Å². The second-order valence-corrected chi connectivity index (χ2v) is 6.08. The minimum Gasteiger partial charge on any atom is -0.497 e. The second-order valence-electron chi connectivity index (χ2n) is 5.65. The van der Waals surface area contributed by atoms with E-state index in [2.05, 4.69) is 5.32 Å². The van der Waals surface area contributed by atoms with Gasteiger partial charge in [-0.2, -0.15) is 0 Å². The third-order valence-corrected chi connectivity index (χ3v) is 3.99. The molecule has 6 heteroatoms.